The van der Waals surface area contributed by atoms with E-state index in [0.29, 0.717) is 12.1 Å². The molecule has 102 valence electrons. The maximum absolute atomic E-state index is 14.0. The molecule has 0 aliphatic rings. The lowest BCUT2D eigenvalue weighted by molar-refractivity contribution is 0.384. The Balaban J connectivity index is 1.79. The molecule has 1 N–H and O–H groups in total. The van der Waals surface area contributed by atoms with Crippen molar-refractivity contribution >= 4 is 27.2 Å². The molecule has 20 heavy (non-hydrogen) atoms. The van der Waals surface area contributed by atoms with E-state index in [1.165, 1.54) is 7.11 Å². The molecule has 0 aliphatic carbocycles. The Kier molecular flexibility index (Phi) is 3.52. The molecule has 3 nitrogen and oxygen atoms in total. The van der Waals surface area contributed by atoms with Crippen molar-refractivity contribution in [2.45, 2.75) is 6.54 Å². The van der Waals surface area contributed by atoms with Crippen molar-refractivity contribution in [1.82, 2.24) is 4.98 Å². The van der Waals surface area contributed by atoms with Gasteiger partial charge in [0.25, 0.3) is 0 Å². The van der Waals surface area contributed by atoms with E-state index in [0.717, 1.165) is 15.9 Å². The fraction of sp³-hybridized carbons (Fsp3) is 0.133. The average molecular weight is 288 g/mol. The Bertz CT molecular complexity index is 742. The second-order valence-corrected chi connectivity index (χ2v) is 5.21. The summed E-state index contributed by atoms with van der Waals surface area (Å²) >= 11 is 1.59. The van der Waals surface area contributed by atoms with Crippen molar-refractivity contribution in [3.63, 3.8) is 0 Å². The van der Waals surface area contributed by atoms with Gasteiger partial charge in [-0.1, -0.05) is 12.1 Å². The van der Waals surface area contributed by atoms with Crippen molar-refractivity contribution in [1.29, 1.82) is 0 Å². The summed E-state index contributed by atoms with van der Waals surface area (Å²) in [5.41, 5.74) is 4.32. The molecule has 3 rings (SSSR count). The fourth-order valence-corrected chi connectivity index (χ4v) is 2.73. The van der Waals surface area contributed by atoms with Gasteiger partial charge in [0.1, 0.15) is 0 Å². The van der Waals surface area contributed by atoms with Gasteiger partial charge in [0.15, 0.2) is 11.6 Å². The number of nitrogens with one attached hydrogen (secondary N) is 1. The lowest BCUT2D eigenvalue weighted by Crippen LogP contribution is -2.02. The van der Waals surface area contributed by atoms with Crippen LogP contribution in [-0.2, 0) is 6.54 Å². The number of halogens is 1. The molecule has 0 radical (unpaired) electrons. The highest BCUT2D eigenvalue weighted by molar-refractivity contribution is 7.16. The van der Waals surface area contributed by atoms with Crippen molar-refractivity contribution in [3.05, 3.63) is 53.3 Å². The van der Waals surface area contributed by atoms with Gasteiger partial charge in [0.05, 0.1) is 22.8 Å². The van der Waals surface area contributed by atoms with E-state index in [4.69, 9.17) is 4.74 Å². The Morgan fingerprint density at radius 3 is 3.05 bits per heavy atom. The summed E-state index contributed by atoms with van der Waals surface area (Å²) in [6.07, 6.45) is 0. The third-order valence-electron chi connectivity index (χ3n) is 3.08. The topological polar surface area (TPSA) is 34.1 Å². The first-order valence-corrected chi connectivity index (χ1v) is 7.04. The maximum Gasteiger partial charge on any atom is 0.170 e. The summed E-state index contributed by atoms with van der Waals surface area (Å²) < 4.78 is 20.1. The minimum atomic E-state index is -0.318. The number of ether oxygens (including phenoxy) is 1. The predicted molar refractivity (Wildman–Crippen MR) is 79.9 cm³/mol. The largest absolute Gasteiger partial charge is 0.494 e. The van der Waals surface area contributed by atoms with Crippen LogP contribution in [0.1, 0.15) is 5.56 Å². The minimum Gasteiger partial charge on any atom is -0.494 e. The van der Waals surface area contributed by atoms with Gasteiger partial charge in [-0.05, 0) is 24.3 Å². The first kappa shape index (κ1) is 12.9. The van der Waals surface area contributed by atoms with Crippen LogP contribution in [-0.4, -0.2) is 12.1 Å². The number of benzene rings is 2. The van der Waals surface area contributed by atoms with Crippen LogP contribution in [0.4, 0.5) is 10.1 Å². The lowest BCUT2D eigenvalue weighted by atomic mass is 10.2. The first-order chi connectivity index (χ1) is 9.78. The molecule has 0 saturated carbocycles. The van der Waals surface area contributed by atoms with Gasteiger partial charge < -0.3 is 10.1 Å². The molecule has 1 aromatic heterocycles. The summed E-state index contributed by atoms with van der Waals surface area (Å²) in [4.78, 5) is 4.23. The molecular formula is C15H13FN2OS. The number of fused-ring (bicyclic) bond motifs is 1. The van der Waals surface area contributed by atoms with E-state index in [1.807, 2.05) is 23.7 Å². The highest BCUT2D eigenvalue weighted by Crippen LogP contribution is 2.24. The molecule has 5 heteroatoms. The van der Waals surface area contributed by atoms with Crippen LogP contribution in [0.15, 0.2) is 41.9 Å². The summed E-state index contributed by atoms with van der Waals surface area (Å²) in [5.74, 6) is -0.0522. The monoisotopic (exact) mass is 288 g/mol. The van der Waals surface area contributed by atoms with Crippen LogP contribution in [0.2, 0.25) is 0 Å². The molecule has 0 bridgehead atoms. The molecule has 0 fully saturated rings. The van der Waals surface area contributed by atoms with Crippen molar-refractivity contribution in [3.8, 4) is 5.75 Å². The van der Waals surface area contributed by atoms with Crippen LogP contribution >= 0.6 is 11.3 Å². The number of anilines is 1. The van der Waals surface area contributed by atoms with Crippen molar-refractivity contribution in [2.24, 2.45) is 0 Å². The molecule has 0 unspecified atom stereocenters. The van der Waals surface area contributed by atoms with Gasteiger partial charge in [0.2, 0.25) is 0 Å². The molecular weight excluding hydrogens is 275 g/mol. The zero-order valence-electron chi connectivity index (χ0n) is 10.9. The Labute approximate surface area is 120 Å². The minimum absolute atomic E-state index is 0.266. The van der Waals surface area contributed by atoms with Gasteiger partial charge in [-0.3, -0.25) is 0 Å². The number of thiazole rings is 1. The summed E-state index contributed by atoms with van der Waals surface area (Å²) in [6.45, 7) is 0.410. The Morgan fingerprint density at radius 2 is 2.20 bits per heavy atom. The van der Waals surface area contributed by atoms with Gasteiger partial charge in [-0.2, -0.15) is 0 Å². The molecule has 0 spiro atoms. The van der Waals surface area contributed by atoms with Gasteiger partial charge >= 0.3 is 0 Å². The van der Waals surface area contributed by atoms with E-state index in [2.05, 4.69) is 10.3 Å². The fourth-order valence-electron chi connectivity index (χ4n) is 2.01. The van der Waals surface area contributed by atoms with Crippen LogP contribution in [0.25, 0.3) is 10.2 Å². The van der Waals surface area contributed by atoms with E-state index in [9.17, 15) is 4.39 Å². The number of methoxy groups -OCH3 is 1. The highest BCUT2D eigenvalue weighted by atomic mass is 32.1. The van der Waals surface area contributed by atoms with E-state index < -0.39 is 0 Å². The molecule has 3 aromatic rings. The van der Waals surface area contributed by atoms with Crippen molar-refractivity contribution in [2.75, 3.05) is 12.4 Å². The summed E-state index contributed by atoms with van der Waals surface area (Å²) in [7, 11) is 1.47. The number of hydrogen-bond donors (Lipinski definition) is 1. The quantitative estimate of drug-likeness (QED) is 0.786. The lowest BCUT2D eigenvalue weighted by Gasteiger charge is -2.09. The number of hydrogen-bond acceptors (Lipinski definition) is 4. The van der Waals surface area contributed by atoms with E-state index in [1.54, 1.807) is 29.5 Å². The zero-order chi connectivity index (χ0) is 13.9. The van der Waals surface area contributed by atoms with Crippen molar-refractivity contribution < 1.29 is 9.13 Å². The SMILES string of the molecule is COc1cccc(CNc2ccc3ncsc3c2)c1F. The second kappa shape index (κ2) is 5.46. The standard InChI is InChI=1S/C15H13FN2OS/c1-19-13-4-2-3-10(15(13)16)8-17-11-5-6-12-14(7-11)20-9-18-12/h2-7,9,17H,8H2,1H3. The molecule has 0 amide bonds. The molecule has 0 aliphatic heterocycles. The predicted octanol–water partition coefficient (Wildman–Crippen LogP) is 4.06. The van der Waals surface area contributed by atoms with Gasteiger partial charge in [0, 0.05) is 17.8 Å². The smallest absolute Gasteiger partial charge is 0.170 e. The highest BCUT2D eigenvalue weighted by Gasteiger charge is 2.08. The molecule has 1 heterocycles. The third kappa shape index (κ3) is 2.44. The number of aromatic nitrogens is 1. The van der Waals surface area contributed by atoms with Gasteiger partial charge in [-0.15, -0.1) is 11.3 Å². The number of nitrogens with zero attached hydrogens (tertiary/aromatic N) is 1. The molecule has 0 saturated heterocycles. The average Bonchev–Trinajstić information content (AvgIpc) is 2.93. The summed E-state index contributed by atoms with van der Waals surface area (Å²) in [5, 5.41) is 3.22. The Hall–Kier alpha value is -2.14. The van der Waals surface area contributed by atoms with Crippen LogP contribution < -0.4 is 10.1 Å². The Morgan fingerprint density at radius 1 is 1.30 bits per heavy atom. The third-order valence-corrected chi connectivity index (χ3v) is 3.87. The second-order valence-electron chi connectivity index (χ2n) is 4.32. The van der Waals surface area contributed by atoms with Crippen LogP contribution in [0, 0.1) is 5.82 Å². The van der Waals surface area contributed by atoms with E-state index >= 15 is 0 Å². The first-order valence-electron chi connectivity index (χ1n) is 6.16. The molecule has 0 atom stereocenters. The van der Waals surface area contributed by atoms with Crippen LogP contribution in [0.5, 0.6) is 5.75 Å². The maximum atomic E-state index is 14.0. The van der Waals surface area contributed by atoms with Gasteiger partial charge in [-0.25, -0.2) is 9.37 Å². The van der Waals surface area contributed by atoms with Crippen LogP contribution in [0.3, 0.4) is 0 Å². The number of rotatable bonds is 4. The molecule has 2 aromatic carbocycles. The normalized spacial score (nSPS) is 10.7. The zero-order valence-corrected chi connectivity index (χ0v) is 11.7. The summed E-state index contributed by atoms with van der Waals surface area (Å²) in [6, 6.07) is 11.1. The van der Waals surface area contributed by atoms with E-state index in [-0.39, 0.29) is 11.6 Å².